The molecule has 2 heterocycles. The van der Waals surface area contributed by atoms with Crippen LogP contribution in [0.2, 0.25) is 0 Å². The molecule has 0 unspecified atom stereocenters. The van der Waals surface area contributed by atoms with Crippen molar-refractivity contribution in [3.05, 3.63) is 17.3 Å². The second-order valence-corrected chi connectivity index (χ2v) is 3.44. The average molecular weight is 226 g/mol. The molecule has 2 rings (SSSR count). The van der Waals surface area contributed by atoms with E-state index in [9.17, 15) is 4.79 Å². The molecule has 0 bridgehead atoms. The first-order valence-corrected chi connectivity index (χ1v) is 5.08. The van der Waals surface area contributed by atoms with Crippen molar-refractivity contribution in [3.63, 3.8) is 0 Å². The Balaban J connectivity index is 2.12. The highest BCUT2D eigenvalue weighted by Gasteiger charge is 2.31. The Bertz CT molecular complexity index is 396. The summed E-state index contributed by atoms with van der Waals surface area (Å²) in [6.07, 6.45) is -0.693. The van der Waals surface area contributed by atoms with Gasteiger partial charge in [-0.25, -0.2) is 4.79 Å². The molecule has 3 N–H and O–H groups in total. The number of aromatic nitrogens is 1. The van der Waals surface area contributed by atoms with Crippen molar-refractivity contribution in [2.75, 3.05) is 12.3 Å². The zero-order valence-corrected chi connectivity index (χ0v) is 9.15. The molecule has 0 radical (unpaired) electrons. The van der Waals surface area contributed by atoms with Gasteiger partial charge in [-0.05, 0) is 19.9 Å². The van der Waals surface area contributed by atoms with Crippen molar-refractivity contribution in [1.29, 1.82) is 0 Å². The quantitative estimate of drug-likeness (QED) is 0.755. The topological polar surface area (TPSA) is 86.6 Å². The van der Waals surface area contributed by atoms with Crippen molar-refractivity contribution < 1.29 is 19.0 Å². The number of nitrogen functional groups attached to an aromatic ring is 1. The number of aromatic amines is 1. The van der Waals surface area contributed by atoms with Crippen LogP contribution in [0.3, 0.4) is 0 Å². The third-order valence-electron chi connectivity index (χ3n) is 2.25. The van der Waals surface area contributed by atoms with Gasteiger partial charge in [0.1, 0.15) is 11.4 Å². The molecule has 1 saturated heterocycles. The van der Waals surface area contributed by atoms with Gasteiger partial charge in [0.25, 0.3) is 0 Å². The summed E-state index contributed by atoms with van der Waals surface area (Å²) in [5.74, 6) is -0.185. The maximum absolute atomic E-state index is 11.5. The Labute approximate surface area is 92.7 Å². The molecular formula is C10H14N2O4. The van der Waals surface area contributed by atoms with E-state index in [2.05, 4.69) is 4.98 Å². The highest BCUT2D eigenvalue weighted by molar-refractivity contribution is 5.94. The van der Waals surface area contributed by atoms with Crippen molar-refractivity contribution in [3.8, 4) is 0 Å². The predicted molar refractivity (Wildman–Crippen MR) is 55.5 cm³/mol. The number of H-pyrrole nitrogens is 1. The van der Waals surface area contributed by atoms with E-state index < -0.39 is 12.3 Å². The SMILES string of the molecule is CCOC(=O)c1cc(C2OC(C)O2)[nH]c1N. The molecule has 0 atom stereocenters. The molecule has 88 valence electrons. The van der Waals surface area contributed by atoms with Crippen LogP contribution in [0.15, 0.2) is 6.07 Å². The first-order chi connectivity index (χ1) is 7.61. The molecule has 0 spiro atoms. The predicted octanol–water partition coefficient (Wildman–Crippen LogP) is 1.16. The highest BCUT2D eigenvalue weighted by Crippen LogP contribution is 2.32. The number of rotatable bonds is 3. The second kappa shape index (κ2) is 4.15. The van der Waals surface area contributed by atoms with Crippen LogP contribution in [0, 0.1) is 0 Å². The second-order valence-electron chi connectivity index (χ2n) is 3.44. The summed E-state index contributed by atoms with van der Waals surface area (Å²) >= 11 is 0. The maximum atomic E-state index is 11.5. The fourth-order valence-corrected chi connectivity index (χ4v) is 1.50. The molecule has 1 aromatic heterocycles. The Morgan fingerprint density at radius 2 is 2.31 bits per heavy atom. The molecule has 6 heteroatoms. The van der Waals surface area contributed by atoms with E-state index in [1.807, 2.05) is 0 Å². The maximum Gasteiger partial charge on any atom is 0.341 e. The van der Waals surface area contributed by atoms with E-state index in [1.54, 1.807) is 19.9 Å². The van der Waals surface area contributed by atoms with Crippen LogP contribution in [0.1, 0.15) is 36.2 Å². The fourth-order valence-electron chi connectivity index (χ4n) is 1.50. The summed E-state index contributed by atoms with van der Waals surface area (Å²) in [6, 6.07) is 1.59. The van der Waals surface area contributed by atoms with E-state index in [4.69, 9.17) is 19.9 Å². The van der Waals surface area contributed by atoms with Crippen LogP contribution in [-0.2, 0) is 14.2 Å². The number of carbonyl (C=O) groups is 1. The first-order valence-electron chi connectivity index (χ1n) is 5.08. The van der Waals surface area contributed by atoms with E-state index in [-0.39, 0.29) is 12.1 Å². The molecule has 0 aromatic carbocycles. The average Bonchev–Trinajstić information content (AvgIpc) is 2.56. The van der Waals surface area contributed by atoms with Crippen molar-refractivity contribution in [2.24, 2.45) is 0 Å². The number of nitrogens with two attached hydrogens (primary N) is 1. The van der Waals surface area contributed by atoms with Crippen LogP contribution in [0.4, 0.5) is 5.82 Å². The van der Waals surface area contributed by atoms with Crippen LogP contribution in [0.25, 0.3) is 0 Å². The summed E-state index contributed by atoms with van der Waals surface area (Å²) < 4.78 is 15.4. The number of esters is 1. The molecule has 1 aliphatic heterocycles. The van der Waals surface area contributed by atoms with Gasteiger partial charge in [0.15, 0.2) is 6.29 Å². The molecule has 0 saturated carbocycles. The third kappa shape index (κ3) is 1.89. The van der Waals surface area contributed by atoms with Crippen molar-refractivity contribution >= 4 is 11.8 Å². The van der Waals surface area contributed by atoms with E-state index in [0.29, 0.717) is 17.9 Å². The summed E-state index contributed by atoms with van der Waals surface area (Å²) in [7, 11) is 0. The van der Waals surface area contributed by atoms with Gasteiger partial charge in [-0.3, -0.25) is 0 Å². The van der Waals surface area contributed by atoms with Gasteiger partial charge in [0.2, 0.25) is 6.29 Å². The molecular weight excluding hydrogens is 212 g/mol. The molecule has 16 heavy (non-hydrogen) atoms. The normalized spacial score (nSPS) is 23.9. The summed E-state index contributed by atoms with van der Waals surface area (Å²) in [5.41, 5.74) is 6.59. The number of hydrogen-bond donors (Lipinski definition) is 2. The minimum Gasteiger partial charge on any atom is -0.462 e. The number of ether oxygens (including phenoxy) is 3. The van der Waals surface area contributed by atoms with Gasteiger partial charge in [-0.2, -0.15) is 0 Å². The Morgan fingerprint density at radius 1 is 1.62 bits per heavy atom. The molecule has 1 aliphatic rings. The third-order valence-corrected chi connectivity index (χ3v) is 2.25. The highest BCUT2D eigenvalue weighted by atomic mass is 16.9. The van der Waals surface area contributed by atoms with Gasteiger partial charge < -0.3 is 24.9 Å². The minimum absolute atomic E-state index is 0.222. The van der Waals surface area contributed by atoms with E-state index in [1.165, 1.54) is 0 Å². The van der Waals surface area contributed by atoms with Crippen molar-refractivity contribution in [1.82, 2.24) is 4.98 Å². The van der Waals surface area contributed by atoms with Gasteiger partial charge >= 0.3 is 5.97 Å². The first kappa shape index (κ1) is 11.0. The number of anilines is 1. The van der Waals surface area contributed by atoms with E-state index in [0.717, 1.165) is 0 Å². The minimum atomic E-state index is -0.472. The largest absolute Gasteiger partial charge is 0.462 e. The zero-order chi connectivity index (χ0) is 11.7. The lowest BCUT2D eigenvalue weighted by molar-refractivity contribution is -0.383. The van der Waals surface area contributed by atoms with Crippen LogP contribution in [-0.4, -0.2) is 23.9 Å². The standard InChI is InChI=1S/C10H14N2O4/c1-3-14-9(13)6-4-7(12-8(6)11)10-15-5(2)16-10/h4-5,10,12H,3,11H2,1-2H3. The summed E-state index contributed by atoms with van der Waals surface area (Å²) in [4.78, 5) is 14.3. The Hall–Kier alpha value is -1.53. The molecule has 0 amide bonds. The van der Waals surface area contributed by atoms with Crippen LogP contribution < -0.4 is 5.73 Å². The van der Waals surface area contributed by atoms with Gasteiger partial charge in [-0.15, -0.1) is 0 Å². The fraction of sp³-hybridized carbons (Fsp3) is 0.500. The summed E-state index contributed by atoms with van der Waals surface area (Å²) in [6.45, 7) is 3.84. The van der Waals surface area contributed by atoms with Gasteiger partial charge in [0.05, 0.1) is 12.3 Å². The lowest BCUT2D eigenvalue weighted by atomic mass is 10.3. The van der Waals surface area contributed by atoms with Gasteiger partial charge in [0, 0.05) is 0 Å². The lowest BCUT2D eigenvalue weighted by Gasteiger charge is -2.32. The smallest absolute Gasteiger partial charge is 0.341 e. The molecule has 6 nitrogen and oxygen atoms in total. The van der Waals surface area contributed by atoms with Crippen molar-refractivity contribution in [2.45, 2.75) is 26.4 Å². The number of carbonyl (C=O) groups excluding carboxylic acids is 1. The molecule has 1 aromatic rings. The number of nitrogens with one attached hydrogen (secondary N) is 1. The van der Waals surface area contributed by atoms with Crippen LogP contribution in [0.5, 0.6) is 0 Å². The molecule has 1 fully saturated rings. The molecule has 0 aliphatic carbocycles. The monoisotopic (exact) mass is 226 g/mol. The summed E-state index contributed by atoms with van der Waals surface area (Å²) in [5, 5.41) is 0. The van der Waals surface area contributed by atoms with Gasteiger partial charge in [-0.1, -0.05) is 0 Å². The Morgan fingerprint density at radius 3 is 2.88 bits per heavy atom. The Kier molecular flexibility index (Phi) is 2.84. The lowest BCUT2D eigenvalue weighted by Crippen LogP contribution is -2.31. The van der Waals surface area contributed by atoms with E-state index >= 15 is 0 Å². The zero-order valence-electron chi connectivity index (χ0n) is 9.15. The number of hydrogen-bond acceptors (Lipinski definition) is 5. The van der Waals surface area contributed by atoms with Crippen LogP contribution >= 0.6 is 0 Å².